The first-order chi connectivity index (χ1) is 9.68. The van der Waals surface area contributed by atoms with E-state index in [-0.39, 0.29) is 5.69 Å². The lowest BCUT2D eigenvalue weighted by molar-refractivity contribution is -0.386. The average molecular weight is 276 g/mol. The van der Waals surface area contributed by atoms with Crippen molar-refractivity contribution in [2.75, 3.05) is 18.5 Å². The Morgan fingerprint density at radius 2 is 1.90 bits per heavy atom. The molecule has 0 unspecified atom stereocenters. The van der Waals surface area contributed by atoms with E-state index in [9.17, 15) is 14.5 Å². The normalized spacial score (nSPS) is 10.1. The average Bonchev–Trinajstić information content (AvgIpc) is 2.44. The van der Waals surface area contributed by atoms with Crippen LogP contribution >= 0.6 is 0 Å². The monoisotopic (exact) mass is 276 g/mol. The quantitative estimate of drug-likeness (QED) is 0.500. The van der Waals surface area contributed by atoms with Crippen molar-refractivity contribution in [1.29, 1.82) is 0 Å². The molecule has 0 aliphatic rings. The number of hydrogen-bond acceptors (Lipinski definition) is 4. The fraction of sp³-hybridized carbons (Fsp3) is 0.143. The summed E-state index contributed by atoms with van der Waals surface area (Å²) in [5, 5.41) is 13.6. The molecule has 0 aromatic heterocycles. The van der Waals surface area contributed by atoms with Gasteiger partial charge >= 0.3 is 5.69 Å². The summed E-state index contributed by atoms with van der Waals surface area (Å²) in [6.07, 6.45) is 0. The van der Waals surface area contributed by atoms with Gasteiger partial charge in [0.2, 0.25) is 5.82 Å². The van der Waals surface area contributed by atoms with E-state index >= 15 is 0 Å². The maximum absolute atomic E-state index is 13.4. The summed E-state index contributed by atoms with van der Waals surface area (Å²) < 4.78 is 18.8. The Bertz CT molecular complexity index is 590. The van der Waals surface area contributed by atoms with E-state index in [1.54, 1.807) is 0 Å². The van der Waals surface area contributed by atoms with E-state index in [0.717, 1.165) is 6.07 Å². The number of halogens is 1. The highest BCUT2D eigenvalue weighted by atomic mass is 19.1. The summed E-state index contributed by atoms with van der Waals surface area (Å²) in [6.45, 7) is 0.650. The topological polar surface area (TPSA) is 64.4 Å². The number of rotatable bonds is 6. The Balaban J connectivity index is 1.92. The van der Waals surface area contributed by atoms with E-state index in [4.69, 9.17) is 4.74 Å². The smallest absolute Gasteiger partial charge is 0.327 e. The number of ether oxygens (including phenoxy) is 1. The van der Waals surface area contributed by atoms with E-state index in [2.05, 4.69) is 5.32 Å². The molecule has 104 valence electrons. The molecule has 0 fully saturated rings. The van der Waals surface area contributed by atoms with Crippen LogP contribution in [-0.4, -0.2) is 18.1 Å². The summed E-state index contributed by atoms with van der Waals surface area (Å²) in [7, 11) is 0. The molecule has 0 saturated carbocycles. The molecule has 20 heavy (non-hydrogen) atoms. The predicted octanol–water partition coefficient (Wildman–Crippen LogP) is 3.22. The Morgan fingerprint density at radius 3 is 2.60 bits per heavy atom. The van der Waals surface area contributed by atoms with Crippen molar-refractivity contribution in [2.24, 2.45) is 0 Å². The molecule has 6 heteroatoms. The predicted molar refractivity (Wildman–Crippen MR) is 73.5 cm³/mol. The van der Waals surface area contributed by atoms with Gasteiger partial charge in [0, 0.05) is 6.54 Å². The highest BCUT2D eigenvalue weighted by molar-refractivity contribution is 5.61. The summed E-state index contributed by atoms with van der Waals surface area (Å²) in [6, 6.07) is 13.1. The van der Waals surface area contributed by atoms with Crippen LogP contribution in [0.3, 0.4) is 0 Å². The van der Waals surface area contributed by atoms with Crippen LogP contribution in [0.5, 0.6) is 5.75 Å². The van der Waals surface area contributed by atoms with Crippen LogP contribution in [0, 0.1) is 15.9 Å². The number of anilines is 1. The molecule has 0 radical (unpaired) electrons. The molecule has 2 rings (SSSR count). The summed E-state index contributed by atoms with van der Waals surface area (Å²) >= 11 is 0. The van der Waals surface area contributed by atoms with Crippen molar-refractivity contribution < 1.29 is 14.1 Å². The van der Waals surface area contributed by atoms with Gasteiger partial charge in [-0.25, -0.2) is 0 Å². The Morgan fingerprint density at radius 1 is 1.15 bits per heavy atom. The first-order valence-corrected chi connectivity index (χ1v) is 6.03. The fourth-order valence-electron chi connectivity index (χ4n) is 1.71. The first kappa shape index (κ1) is 13.8. The van der Waals surface area contributed by atoms with Gasteiger partial charge < -0.3 is 10.1 Å². The highest BCUT2D eigenvalue weighted by Gasteiger charge is 2.19. The number of nitrogens with one attached hydrogen (secondary N) is 1. The molecule has 0 spiro atoms. The largest absolute Gasteiger partial charge is 0.492 e. The molecular weight excluding hydrogens is 263 g/mol. The zero-order valence-corrected chi connectivity index (χ0v) is 10.6. The van der Waals surface area contributed by atoms with Gasteiger partial charge in [0.1, 0.15) is 18.0 Å². The maximum atomic E-state index is 13.4. The van der Waals surface area contributed by atoms with E-state index in [1.165, 1.54) is 12.1 Å². The number of nitro benzene ring substituents is 1. The minimum Gasteiger partial charge on any atom is -0.492 e. The molecule has 0 bridgehead atoms. The third kappa shape index (κ3) is 3.44. The van der Waals surface area contributed by atoms with Crippen molar-refractivity contribution in [3.8, 4) is 5.75 Å². The standard InChI is InChI=1S/C14H13FN2O3/c15-12-7-4-8-13(14(12)17(18)19)16-9-10-20-11-5-2-1-3-6-11/h1-8,16H,9-10H2. The minimum atomic E-state index is -0.857. The number of nitrogens with zero attached hydrogens (tertiary/aromatic N) is 1. The van der Waals surface area contributed by atoms with Gasteiger partial charge in [-0.3, -0.25) is 10.1 Å². The molecular formula is C14H13FN2O3. The molecule has 1 N–H and O–H groups in total. The second kappa shape index (κ2) is 6.51. The van der Waals surface area contributed by atoms with Crippen molar-refractivity contribution in [3.63, 3.8) is 0 Å². The number of benzene rings is 2. The first-order valence-electron chi connectivity index (χ1n) is 6.03. The van der Waals surface area contributed by atoms with E-state index in [1.807, 2.05) is 30.3 Å². The van der Waals surface area contributed by atoms with Gasteiger partial charge in [-0.1, -0.05) is 24.3 Å². The lowest BCUT2D eigenvalue weighted by Gasteiger charge is -2.09. The third-order valence-corrected chi connectivity index (χ3v) is 2.60. The van der Waals surface area contributed by atoms with Crippen LogP contribution in [-0.2, 0) is 0 Å². The molecule has 0 heterocycles. The van der Waals surface area contributed by atoms with Gasteiger partial charge in [-0.2, -0.15) is 4.39 Å². The zero-order valence-electron chi connectivity index (χ0n) is 10.6. The zero-order chi connectivity index (χ0) is 14.4. The summed E-state index contributed by atoms with van der Waals surface area (Å²) in [5.74, 6) is -0.146. The molecule has 0 saturated heterocycles. The minimum absolute atomic E-state index is 0.145. The lowest BCUT2D eigenvalue weighted by Crippen LogP contribution is -2.12. The van der Waals surface area contributed by atoms with Gasteiger partial charge in [-0.15, -0.1) is 0 Å². The maximum Gasteiger partial charge on any atom is 0.327 e. The highest BCUT2D eigenvalue weighted by Crippen LogP contribution is 2.26. The molecule has 2 aromatic rings. The van der Waals surface area contributed by atoms with Crippen LogP contribution in [0.15, 0.2) is 48.5 Å². The fourth-order valence-corrected chi connectivity index (χ4v) is 1.71. The van der Waals surface area contributed by atoms with Crippen molar-refractivity contribution >= 4 is 11.4 Å². The molecule has 0 aliphatic heterocycles. The van der Waals surface area contributed by atoms with Crippen LogP contribution in [0.2, 0.25) is 0 Å². The second-order valence-electron chi connectivity index (χ2n) is 3.98. The van der Waals surface area contributed by atoms with Gasteiger partial charge in [0.05, 0.1) is 4.92 Å². The lowest BCUT2D eigenvalue weighted by atomic mass is 10.2. The van der Waals surface area contributed by atoms with Crippen molar-refractivity contribution in [2.45, 2.75) is 0 Å². The van der Waals surface area contributed by atoms with Crippen LogP contribution in [0.4, 0.5) is 15.8 Å². The second-order valence-corrected chi connectivity index (χ2v) is 3.98. The van der Waals surface area contributed by atoms with Crippen molar-refractivity contribution in [1.82, 2.24) is 0 Å². The molecule has 2 aromatic carbocycles. The van der Waals surface area contributed by atoms with Crippen molar-refractivity contribution in [3.05, 3.63) is 64.5 Å². The Labute approximate surface area is 115 Å². The molecule has 5 nitrogen and oxygen atoms in total. The van der Waals surface area contributed by atoms with E-state index < -0.39 is 16.4 Å². The van der Waals surface area contributed by atoms with E-state index in [0.29, 0.717) is 18.9 Å². The molecule has 0 atom stereocenters. The number of nitro groups is 1. The Kier molecular flexibility index (Phi) is 4.49. The van der Waals surface area contributed by atoms with Gasteiger partial charge in [0.25, 0.3) is 0 Å². The summed E-state index contributed by atoms with van der Waals surface area (Å²) in [5.41, 5.74) is -0.404. The molecule has 0 amide bonds. The van der Waals surface area contributed by atoms with Crippen LogP contribution < -0.4 is 10.1 Å². The third-order valence-electron chi connectivity index (χ3n) is 2.60. The SMILES string of the molecule is O=[N+]([O-])c1c(F)cccc1NCCOc1ccccc1. The summed E-state index contributed by atoms with van der Waals surface area (Å²) in [4.78, 5) is 10.1. The van der Waals surface area contributed by atoms with Gasteiger partial charge in [0.15, 0.2) is 0 Å². The number of hydrogen-bond donors (Lipinski definition) is 1. The molecule has 0 aliphatic carbocycles. The Hall–Kier alpha value is -2.63. The van der Waals surface area contributed by atoms with Gasteiger partial charge in [-0.05, 0) is 24.3 Å². The number of para-hydroxylation sites is 2. The van der Waals surface area contributed by atoms with Crippen LogP contribution in [0.25, 0.3) is 0 Å². The van der Waals surface area contributed by atoms with Crippen LogP contribution in [0.1, 0.15) is 0 Å².